The Kier molecular flexibility index (Phi) is 7.61. The highest BCUT2D eigenvalue weighted by Crippen LogP contribution is 2.18. The van der Waals surface area contributed by atoms with Crippen molar-refractivity contribution in [2.24, 2.45) is 11.8 Å². The van der Waals surface area contributed by atoms with Gasteiger partial charge in [-0.05, 0) is 48.9 Å². The van der Waals surface area contributed by atoms with Crippen molar-refractivity contribution in [2.75, 3.05) is 5.32 Å². The molecule has 25 heavy (non-hydrogen) atoms. The molecule has 0 saturated heterocycles. The third-order valence-electron chi connectivity index (χ3n) is 3.67. The van der Waals surface area contributed by atoms with Crippen molar-refractivity contribution in [2.45, 2.75) is 53.5 Å². The number of carboxylic acids is 1. The second-order valence-corrected chi connectivity index (χ2v) is 7.17. The van der Waals surface area contributed by atoms with Crippen LogP contribution in [0.2, 0.25) is 0 Å². The van der Waals surface area contributed by atoms with Gasteiger partial charge in [0.15, 0.2) is 0 Å². The van der Waals surface area contributed by atoms with Crippen LogP contribution in [0.3, 0.4) is 0 Å². The molecular formula is C19H28N2O4. The van der Waals surface area contributed by atoms with E-state index < -0.39 is 17.9 Å². The first-order valence-corrected chi connectivity index (χ1v) is 8.54. The summed E-state index contributed by atoms with van der Waals surface area (Å²) in [5.41, 5.74) is 1.77. The lowest BCUT2D eigenvalue weighted by molar-refractivity contribution is -0.139. The number of amides is 2. The van der Waals surface area contributed by atoms with Gasteiger partial charge in [0.05, 0.1) is 0 Å². The third kappa shape index (κ3) is 6.95. The molecule has 1 aromatic carbocycles. The summed E-state index contributed by atoms with van der Waals surface area (Å²) in [6, 6.07) is 3.98. The van der Waals surface area contributed by atoms with E-state index in [1.54, 1.807) is 25.1 Å². The fourth-order valence-electron chi connectivity index (χ4n) is 2.45. The van der Waals surface area contributed by atoms with Crippen LogP contribution in [0.5, 0.6) is 0 Å². The number of anilines is 1. The zero-order chi connectivity index (χ0) is 19.1. The molecule has 0 aliphatic carbocycles. The van der Waals surface area contributed by atoms with E-state index in [-0.39, 0.29) is 17.7 Å². The summed E-state index contributed by atoms with van der Waals surface area (Å²) in [6.45, 7) is 9.54. The maximum absolute atomic E-state index is 12.3. The number of carbonyl (C=O) groups excluding carboxylic acids is 2. The largest absolute Gasteiger partial charge is 0.480 e. The van der Waals surface area contributed by atoms with Gasteiger partial charge in [-0.2, -0.15) is 0 Å². The molecule has 3 N–H and O–H groups in total. The van der Waals surface area contributed by atoms with Crippen molar-refractivity contribution in [1.29, 1.82) is 0 Å². The normalized spacial score (nSPS) is 12.1. The highest BCUT2D eigenvalue weighted by atomic mass is 16.4. The van der Waals surface area contributed by atoms with Gasteiger partial charge < -0.3 is 15.7 Å². The summed E-state index contributed by atoms with van der Waals surface area (Å²) in [7, 11) is 0. The Morgan fingerprint density at radius 3 is 2.20 bits per heavy atom. The van der Waals surface area contributed by atoms with E-state index in [1.165, 1.54) is 0 Å². The van der Waals surface area contributed by atoms with Gasteiger partial charge in [-0.1, -0.05) is 27.7 Å². The number of carbonyl (C=O) groups is 3. The molecule has 6 heteroatoms. The molecule has 1 unspecified atom stereocenters. The standard InChI is InChI=1S/C19H28N2O4/c1-11(2)8-16(19(24)25)21-18(23)14-6-7-15(13(5)10-14)20-17(22)9-12(3)4/h6-7,10-12,16H,8-9H2,1-5H3,(H,20,22)(H,21,23)(H,24,25). The fraction of sp³-hybridized carbons (Fsp3) is 0.526. The molecule has 1 atom stereocenters. The molecule has 0 heterocycles. The average Bonchev–Trinajstić information content (AvgIpc) is 2.47. The van der Waals surface area contributed by atoms with E-state index in [0.717, 1.165) is 5.56 Å². The van der Waals surface area contributed by atoms with E-state index in [2.05, 4.69) is 10.6 Å². The molecule has 0 spiro atoms. The molecule has 0 radical (unpaired) electrons. The number of nitrogens with one attached hydrogen (secondary N) is 2. The monoisotopic (exact) mass is 348 g/mol. The SMILES string of the molecule is Cc1cc(C(=O)NC(CC(C)C)C(=O)O)ccc1NC(=O)CC(C)C. The molecular weight excluding hydrogens is 320 g/mol. The Bertz CT molecular complexity index is 638. The number of benzene rings is 1. The van der Waals surface area contributed by atoms with Crippen LogP contribution in [0.4, 0.5) is 5.69 Å². The number of aryl methyl sites for hydroxylation is 1. The van der Waals surface area contributed by atoms with Crippen molar-refractivity contribution in [3.63, 3.8) is 0 Å². The minimum atomic E-state index is -1.05. The van der Waals surface area contributed by atoms with E-state index in [1.807, 2.05) is 27.7 Å². The average molecular weight is 348 g/mol. The second kappa shape index (κ2) is 9.20. The summed E-state index contributed by atoms with van der Waals surface area (Å²) in [5.74, 6) is -1.13. The number of rotatable bonds is 8. The second-order valence-electron chi connectivity index (χ2n) is 7.17. The van der Waals surface area contributed by atoms with Crippen molar-refractivity contribution in [3.8, 4) is 0 Å². The van der Waals surface area contributed by atoms with Crippen LogP contribution in [0, 0.1) is 18.8 Å². The zero-order valence-electron chi connectivity index (χ0n) is 15.6. The molecule has 6 nitrogen and oxygen atoms in total. The van der Waals surface area contributed by atoms with Gasteiger partial charge in [0.1, 0.15) is 6.04 Å². The van der Waals surface area contributed by atoms with Crippen LogP contribution in [-0.2, 0) is 9.59 Å². The van der Waals surface area contributed by atoms with Gasteiger partial charge in [-0.25, -0.2) is 4.79 Å². The highest BCUT2D eigenvalue weighted by molar-refractivity contribution is 5.98. The summed E-state index contributed by atoms with van der Waals surface area (Å²) >= 11 is 0. The zero-order valence-corrected chi connectivity index (χ0v) is 15.6. The maximum atomic E-state index is 12.3. The van der Waals surface area contributed by atoms with E-state index in [0.29, 0.717) is 24.1 Å². The van der Waals surface area contributed by atoms with E-state index in [4.69, 9.17) is 0 Å². The predicted octanol–water partition coefficient (Wildman–Crippen LogP) is 3.21. The van der Waals surface area contributed by atoms with Crippen molar-refractivity contribution < 1.29 is 19.5 Å². The molecule has 1 rings (SSSR count). The first-order chi connectivity index (χ1) is 11.6. The van der Waals surface area contributed by atoms with Gasteiger partial charge in [0, 0.05) is 17.7 Å². The predicted molar refractivity (Wildman–Crippen MR) is 97.6 cm³/mol. The van der Waals surface area contributed by atoms with Crippen LogP contribution in [0.15, 0.2) is 18.2 Å². The smallest absolute Gasteiger partial charge is 0.326 e. The number of hydrogen-bond acceptors (Lipinski definition) is 3. The van der Waals surface area contributed by atoms with Crippen LogP contribution in [0.25, 0.3) is 0 Å². The molecule has 1 aromatic rings. The van der Waals surface area contributed by atoms with Gasteiger partial charge in [-0.3, -0.25) is 9.59 Å². The molecule has 2 amide bonds. The lowest BCUT2D eigenvalue weighted by Gasteiger charge is -2.17. The summed E-state index contributed by atoms with van der Waals surface area (Å²) in [5, 5.41) is 14.6. The van der Waals surface area contributed by atoms with Crippen LogP contribution in [0.1, 0.15) is 56.5 Å². The van der Waals surface area contributed by atoms with Crippen LogP contribution < -0.4 is 10.6 Å². The molecule has 0 aromatic heterocycles. The van der Waals surface area contributed by atoms with Gasteiger partial charge >= 0.3 is 5.97 Å². The van der Waals surface area contributed by atoms with E-state index in [9.17, 15) is 19.5 Å². The topological polar surface area (TPSA) is 95.5 Å². The molecule has 0 bridgehead atoms. The van der Waals surface area contributed by atoms with Crippen molar-refractivity contribution in [3.05, 3.63) is 29.3 Å². The first kappa shape index (κ1) is 20.7. The van der Waals surface area contributed by atoms with Crippen molar-refractivity contribution in [1.82, 2.24) is 5.32 Å². The Labute approximate surface area is 149 Å². The Hall–Kier alpha value is -2.37. The maximum Gasteiger partial charge on any atom is 0.326 e. The lowest BCUT2D eigenvalue weighted by atomic mass is 10.0. The van der Waals surface area contributed by atoms with Crippen LogP contribution >= 0.6 is 0 Å². The van der Waals surface area contributed by atoms with Gasteiger partial charge in [0.2, 0.25) is 5.91 Å². The fourth-order valence-corrected chi connectivity index (χ4v) is 2.45. The lowest BCUT2D eigenvalue weighted by Crippen LogP contribution is -2.41. The number of aliphatic carboxylic acids is 1. The molecule has 0 fully saturated rings. The Balaban J connectivity index is 2.82. The summed E-state index contributed by atoms with van der Waals surface area (Å²) in [6.07, 6.45) is 0.792. The number of carboxylic acid groups (broad SMARTS) is 1. The van der Waals surface area contributed by atoms with E-state index >= 15 is 0 Å². The molecule has 0 aliphatic heterocycles. The van der Waals surface area contributed by atoms with Gasteiger partial charge in [-0.15, -0.1) is 0 Å². The van der Waals surface area contributed by atoms with Crippen LogP contribution in [-0.4, -0.2) is 28.9 Å². The Morgan fingerprint density at radius 2 is 1.72 bits per heavy atom. The minimum absolute atomic E-state index is 0.0711. The Morgan fingerprint density at radius 1 is 1.08 bits per heavy atom. The molecule has 138 valence electrons. The summed E-state index contributed by atoms with van der Waals surface area (Å²) < 4.78 is 0. The molecule has 0 aliphatic rings. The van der Waals surface area contributed by atoms with Gasteiger partial charge in [0.25, 0.3) is 5.91 Å². The quantitative estimate of drug-likeness (QED) is 0.672. The first-order valence-electron chi connectivity index (χ1n) is 8.54. The number of hydrogen-bond donors (Lipinski definition) is 3. The van der Waals surface area contributed by atoms with Crippen molar-refractivity contribution >= 4 is 23.5 Å². The third-order valence-corrected chi connectivity index (χ3v) is 3.67. The minimum Gasteiger partial charge on any atom is -0.480 e. The summed E-state index contributed by atoms with van der Waals surface area (Å²) in [4.78, 5) is 35.4. The molecule has 0 saturated carbocycles. The highest BCUT2D eigenvalue weighted by Gasteiger charge is 2.22.